The molecule has 0 aliphatic rings. The minimum Gasteiger partial charge on any atom is -0.497 e. The molecular formula is C14H18N2O3. The standard InChI is InChI=1S/C14H18N2O3/c1-16-8-11(12(15)5-6-14(17)18)10-4-3-9(19-2)7-13(10)16/h3-4,7-8,12H,5-6,15H2,1-2H3,(H,17,18). The highest BCUT2D eigenvalue weighted by Gasteiger charge is 2.15. The predicted octanol–water partition coefficient (Wildman–Crippen LogP) is 2.05. The van der Waals surface area contributed by atoms with Crippen LogP contribution in [0.2, 0.25) is 0 Å². The number of hydrogen-bond acceptors (Lipinski definition) is 3. The number of hydrogen-bond donors (Lipinski definition) is 2. The molecule has 5 heteroatoms. The van der Waals surface area contributed by atoms with E-state index in [0.717, 1.165) is 22.2 Å². The van der Waals surface area contributed by atoms with Crippen LogP contribution in [0.4, 0.5) is 0 Å². The van der Waals surface area contributed by atoms with Gasteiger partial charge in [-0.05, 0) is 24.1 Å². The Kier molecular flexibility index (Phi) is 3.76. The lowest BCUT2D eigenvalue weighted by Crippen LogP contribution is -2.11. The molecule has 0 saturated carbocycles. The second-order valence-corrected chi connectivity index (χ2v) is 4.62. The third kappa shape index (κ3) is 2.71. The zero-order valence-electron chi connectivity index (χ0n) is 11.1. The second-order valence-electron chi connectivity index (χ2n) is 4.62. The first-order valence-corrected chi connectivity index (χ1v) is 6.13. The smallest absolute Gasteiger partial charge is 0.303 e. The average molecular weight is 262 g/mol. The van der Waals surface area contributed by atoms with E-state index in [1.54, 1.807) is 7.11 Å². The lowest BCUT2D eigenvalue weighted by atomic mass is 10.0. The largest absolute Gasteiger partial charge is 0.497 e. The van der Waals surface area contributed by atoms with Gasteiger partial charge in [-0.15, -0.1) is 0 Å². The van der Waals surface area contributed by atoms with Crippen LogP contribution in [0.5, 0.6) is 5.75 Å². The van der Waals surface area contributed by atoms with Gasteiger partial charge in [0, 0.05) is 37.2 Å². The van der Waals surface area contributed by atoms with Crippen molar-refractivity contribution in [3.05, 3.63) is 30.0 Å². The Hall–Kier alpha value is -2.01. The van der Waals surface area contributed by atoms with Crippen LogP contribution in [0.3, 0.4) is 0 Å². The highest BCUT2D eigenvalue weighted by molar-refractivity contribution is 5.85. The summed E-state index contributed by atoms with van der Waals surface area (Å²) in [4.78, 5) is 10.6. The molecule has 0 fully saturated rings. The second kappa shape index (κ2) is 5.32. The Balaban J connectivity index is 2.36. The van der Waals surface area contributed by atoms with Gasteiger partial charge < -0.3 is 20.1 Å². The summed E-state index contributed by atoms with van der Waals surface area (Å²) in [5.41, 5.74) is 8.09. The molecule has 1 aromatic heterocycles. The summed E-state index contributed by atoms with van der Waals surface area (Å²) in [7, 11) is 3.57. The molecule has 1 aromatic carbocycles. The maximum absolute atomic E-state index is 10.6. The van der Waals surface area contributed by atoms with Gasteiger partial charge in [0.15, 0.2) is 0 Å². The summed E-state index contributed by atoms with van der Waals surface area (Å²) in [5, 5.41) is 9.76. The number of aliphatic carboxylic acids is 1. The van der Waals surface area contributed by atoms with Gasteiger partial charge >= 0.3 is 5.97 Å². The van der Waals surface area contributed by atoms with Crippen LogP contribution in [-0.2, 0) is 11.8 Å². The molecule has 0 radical (unpaired) electrons. The van der Waals surface area contributed by atoms with Gasteiger partial charge in [0.25, 0.3) is 0 Å². The zero-order chi connectivity index (χ0) is 14.0. The van der Waals surface area contributed by atoms with Crippen molar-refractivity contribution in [1.29, 1.82) is 0 Å². The van der Waals surface area contributed by atoms with Gasteiger partial charge in [0.2, 0.25) is 0 Å². The van der Waals surface area contributed by atoms with E-state index in [1.165, 1.54) is 0 Å². The number of carbonyl (C=O) groups is 1. The fraction of sp³-hybridized carbons (Fsp3) is 0.357. The third-order valence-electron chi connectivity index (χ3n) is 3.30. The van der Waals surface area contributed by atoms with Gasteiger partial charge in [-0.1, -0.05) is 0 Å². The molecule has 0 aliphatic carbocycles. The lowest BCUT2D eigenvalue weighted by Gasteiger charge is -2.09. The number of nitrogens with zero attached hydrogens (tertiary/aromatic N) is 1. The maximum Gasteiger partial charge on any atom is 0.303 e. The minimum atomic E-state index is -0.822. The van der Waals surface area contributed by atoms with Crippen LogP contribution in [0.15, 0.2) is 24.4 Å². The molecule has 0 amide bonds. The van der Waals surface area contributed by atoms with Crippen molar-refractivity contribution in [3.8, 4) is 5.75 Å². The Labute approximate surface area is 111 Å². The number of rotatable bonds is 5. The molecule has 5 nitrogen and oxygen atoms in total. The van der Waals surface area contributed by atoms with E-state index in [2.05, 4.69) is 0 Å². The van der Waals surface area contributed by atoms with Gasteiger partial charge in [-0.25, -0.2) is 0 Å². The molecule has 0 aliphatic heterocycles. The minimum absolute atomic E-state index is 0.0771. The van der Waals surface area contributed by atoms with Crippen LogP contribution < -0.4 is 10.5 Å². The Morgan fingerprint density at radius 1 is 1.53 bits per heavy atom. The summed E-state index contributed by atoms with van der Waals surface area (Å²) in [5.74, 6) is -0.0308. The molecule has 1 atom stereocenters. The molecule has 1 unspecified atom stereocenters. The van der Waals surface area contributed by atoms with E-state index in [4.69, 9.17) is 15.6 Å². The topological polar surface area (TPSA) is 77.5 Å². The van der Waals surface area contributed by atoms with Crippen LogP contribution in [0.1, 0.15) is 24.4 Å². The van der Waals surface area contributed by atoms with E-state index in [9.17, 15) is 4.79 Å². The van der Waals surface area contributed by atoms with E-state index in [0.29, 0.717) is 6.42 Å². The summed E-state index contributed by atoms with van der Waals surface area (Å²) in [6.45, 7) is 0. The van der Waals surface area contributed by atoms with Gasteiger partial charge in [0.1, 0.15) is 5.75 Å². The summed E-state index contributed by atoms with van der Waals surface area (Å²) in [6, 6.07) is 5.52. The van der Waals surface area contributed by atoms with E-state index in [1.807, 2.05) is 36.0 Å². The first-order valence-electron chi connectivity index (χ1n) is 6.13. The molecule has 3 N–H and O–H groups in total. The van der Waals surface area contributed by atoms with E-state index in [-0.39, 0.29) is 12.5 Å². The van der Waals surface area contributed by atoms with Crippen molar-refractivity contribution in [3.63, 3.8) is 0 Å². The number of aromatic nitrogens is 1. The molecule has 1 heterocycles. The zero-order valence-corrected chi connectivity index (χ0v) is 11.1. The summed E-state index contributed by atoms with van der Waals surface area (Å²) in [6.07, 6.45) is 2.46. The molecular weight excluding hydrogens is 244 g/mol. The first-order chi connectivity index (χ1) is 9.02. The molecule has 0 spiro atoms. The van der Waals surface area contributed by atoms with Crippen molar-refractivity contribution >= 4 is 16.9 Å². The van der Waals surface area contributed by atoms with Crippen molar-refractivity contribution in [1.82, 2.24) is 4.57 Å². The summed E-state index contributed by atoms with van der Waals surface area (Å²) >= 11 is 0. The molecule has 2 aromatic rings. The quantitative estimate of drug-likeness (QED) is 0.864. The number of methoxy groups -OCH3 is 1. The lowest BCUT2D eigenvalue weighted by molar-refractivity contribution is -0.137. The van der Waals surface area contributed by atoms with Crippen LogP contribution >= 0.6 is 0 Å². The SMILES string of the molecule is COc1ccc2c(C(N)CCC(=O)O)cn(C)c2c1. The molecule has 0 saturated heterocycles. The Morgan fingerprint density at radius 3 is 2.89 bits per heavy atom. The fourth-order valence-electron chi connectivity index (χ4n) is 2.25. The molecule has 0 bridgehead atoms. The van der Waals surface area contributed by atoms with E-state index >= 15 is 0 Å². The fourth-order valence-corrected chi connectivity index (χ4v) is 2.25. The maximum atomic E-state index is 10.6. The van der Waals surface area contributed by atoms with Crippen molar-refractivity contribution in [2.24, 2.45) is 12.8 Å². The van der Waals surface area contributed by atoms with Crippen LogP contribution in [-0.4, -0.2) is 22.8 Å². The monoisotopic (exact) mass is 262 g/mol. The van der Waals surface area contributed by atoms with Crippen LogP contribution in [0, 0.1) is 0 Å². The van der Waals surface area contributed by atoms with Crippen molar-refractivity contribution in [2.75, 3.05) is 7.11 Å². The number of nitrogens with two attached hydrogens (primary N) is 1. The Bertz CT molecular complexity index is 604. The number of ether oxygens (including phenoxy) is 1. The van der Waals surface area contributed by atoms with Gasteiger partial charge in [-0.3, -0.25) is 4.79 Å². The average Bonchev–Trinajstić information content (AvgIpc) is 2.73. The molecule has 102 valence electrons. The van der Waals surface area contributed by atoms with E-state index < -0.39 is 5.97 Å². The predicted molar refractivity (Wildman–Crippen MR) is 73.3 cm³/mol. The first kappa shape index (κ1) is 13.4. The van der Waals surface area contributed by atoms with Crippen molar-refractivity contribution < 1.29 is 14.6 Å². The number of benzene rings is 1. The summed E-state index contributed by atoms with van der Waals surface area (Å²) < 4.78 is 7.18. The number of carboxylic acid groups (broad SMARTS) is 1. The normalized spacial score (nSPS) is 12.6. The third-order valence-corrected chi connectivity index (χ3v) is 3.30. The van der Waals surface area contributed by atoms with Crippen molar-refractivity contribution in [2.45, 2.75) is 18.9 Å². The van der Waals surface area contributed by atoms with Gasteiger partial charge in [0.05, 0.1) is 12.6 Å². The molecule has 19 heavy (non-hydrogen) atoms. The molecule has 2 rings (SSSR count). The highest BCUT2D eigenvalue weighted by Crippen LogP contribution is 2.29. The van der Waals surface area contributed by atoms with Gasteiger partial charge in [-0.2, -0.15) is 0 Å². The number of carboxylic acids is 1. The Morgan fingerprint density at radius 2 is 2.26 bits per heavy atom. The van der Waals surface area contributed by atoms with Crippen LogP contribution in [0.25, 0.3) is 10.9 Å². The number of aryl methyl sites for hydroxylation is 1. The highest BCUT2D eigenvalue weighted by atomic mass is 16.5. The number of fused-ring (bicyclic) bond motifs is 1.